The minimum absolute atomic E-state index is 0.289. The predicted octanol–water partition coefficient (Wildman–Crippen LogP) is 1.87. The molecule has 0 aromatic carbocycles. The lowest BCUT2D eigenvalue weighted by molar-refractivity contribution is -0.129. The van der Waals surface area contributed by atoms with Gasteiger partial charge >= 0.3 is 0 Å². The summed E-state index contributed by atoms with van der Waals surface area (Å²) in [5.41, 5.74) is 0. The van der Waals surface area contributed by atoms with E-state index in [0.29, 0.717) is 11.3 Å². The first-order valence-corrected chi connectivity index (χ1v) is 8.02. The van der Waals surface area contributed by atoms with Crippen molar-refractivity contribution < 1.29 is 4.79 Å². The van der Waals surface area contributed by atoms with Crippen LogP contribution in [-0.2, 0) is 4.79 Å². The van der Waals surface area contributed by atoms with Crippen molar-refractivity contribution in [1.29, 1.82) is 0 Å². The third-order valence-corrected chi connectivity index (χ3v) is 5.55. The summed E-state index contributed by atoms with van der Waals surface area (Å²) in [6.07, 6.45) is 9.87. The highest BCUT2D eigenvalue weighted by Gasteiger charge is 2.32. The van der Waals surface area contributed by atoms with Crippen LogP contribution in [0.1, 0.15) is 38.5 Å². The first-order chi connectivity index (χ1) is 8.26. The quantitative estimate of drug-likeness (QED) is 0.815. The maximum Gasteiger partial charge on any atom is 0.236 e. The van der Waals surface area contributed by atoms with Gasteiger partial charge in [-0.05, 0) is 31.9 Å². The number of thioether (sulfide) groups is 1. The van der Waals surface area contributed by atoms with Crippen molar-refractivity contribution in [2.45, 2.75) is 43.3 Å². The van der Waals surface area contributed by atoms with E-state index in [2.05, 4.69) is 11.6 Å². The fourth-order valence-corrected chi connectivity index (χ4v) is 3.89. The fourth-order valence-electron chi connectivity index (χ4n) is 2.95. The average molecular weight is 256 g/mol. The van der Waals surface area contributed by atoms with Crippen molar-refractivity contribution in [1.82, 2.24) is 10.2 Å². The second-order valence-electron chi connectivity index (χ2n) is 5.29. The zero-order chi connectivity index (χ0) is 12.1. The summed E-state index contributed by atoms with van der Waals surface area (Å²) >= 11 is 1.98. The molecular weight excluding hydrogens is 232 g/mol. The van der Waals surface area contributed by atoms with Gasteiger partial charge in [0, 0.05) is 24.4 Å². The second-order valence-corrected chi connectivity index (χ2v) is 6.56. The highest BCUT2D eigenvalue weighted by Crippen LogP contribution is 2.39. The van der Waals surface area contributed by atoms with Crippen LogP contribution in [-0.4, -0.2) is 48.0 Å². The lowest BCUT2D eigenvalue weighted by atomic mass is 10.1. The molecule has 1 amide bonds. The Bertz CT molecular complexity index is 258. The molecule has 1 saturated carbocycles. The molecule has 1 heterocycles. The summed E-state index contributed by atoms with van der Waals surface area (Å²) in [6, 6.07) is 0. The lowest BCUT2D eigenvalue weighted by Gasteiger charge is -2.27. The molecule has 4 heteroatoms. The Kier molecular flexibility index (Phi) is 4.74. The van der Waals surface area contributed by atoms with E-state index in [0.717, 1.165) is 19.6 Å². The van der Waals surface area contributed by atoms with Crippen molar-refractivity contribution in [3.05, 3.63) is 0 Å². The number of amides is 1. The van der Waals surface area contributed by atoms with Crippen LogP contribution in [0.4, 0.5) is 0 Å². The van der Waals surface area contributed by atoms with Gasteiger partial charge in [-0.2, -0.15) is 11.8 Å². The van der Waals surface area contributed by atoms with Gasteiger partial charge in [-0.15, -0.1) is 0 Å². The smallest absolute Gasteiger partial charge is 0.236 e. The number of hydrogen-bond donors (Lipinski definition) is 1. The molecule has 1 aliphatic heterocycles. The molecule has 3 nitrogen and oxygen atoms in total. The van der Waals surface area contributed by atoms with Crippen molar-refractivity contribution in [2.24, 2.45) is 0 Å². The molecule has 0 aromatic rings. The monoisotopic (exact) mass is 256 g/mol. The van der Waals surface area contributed by atoms with Gasteiger partial charge in [0.1, 0.15) is 0 Å². The van der Waals surface area contributed by atoms with Crippen LogP contribution in [0.15, 0.2) is 0 Å². The molecule has 0 atom stereocenters. The summed E-state index contributed by atoms with van der Waals surface area (Å²) in [4.78, 5) is 13.9. The molecule has 2 aliphatic rings. The van der Waals surface area contributed by atoms with E-state index in [1.165, 1.54) is 38.5 Å². The topological polar surface area (TPSA) is 32.3 Å². The van der Waals surface area contributed by atoms with Gasteiger partial charge in [-0.25, -0.2) is 0 Å². The lowest BCUT2D eigenvalue weighted by Crippen LogP contribution is -2.41. The number of rotatable bonds is 5. The van der Waals surface area contributed by atoms with Crippen molar-refractivity contribution in [2.75, 3.05) is 32.4 Å². The van der Waals surface area contributed by atoms with E-state index in [4.69, 9.17) is 0 Å². The summed E-state index contributed by atoms with van der Waals surface area (Å²) in [5, 5.41) is 3.38. The summed E-state index contributed by atoms with van der Waals surface area (Å²) in [6.45, 7) is 3.46. The molecule has 0 aromatic heterocycles. The van der Waals surface area contributed by atoms with E-state index in [1.54, 1.807) is 0 Å². The maximum atomic E-state index is 11.9. The Morgan fingerprint density at radius 1 is 1.24 bits per heavy atom. The van der Waals surface area contributed by atoms with Crippen molar-refractivity contribution in [3.63, 3.8) is 0 Å². The van der Waals surface area contributed by atoms with Crippen molar-refractivity contribution in [3.8, 4) is 0 Å². The van der Waals surface area contributed by atoms with Crippen molar-refractivity contribution >= 4 is 17.7 Å². The Morgan fingerprint density at radius 3 is 2.47 bits per heavy atom. The van der Waals surface area contributed by atoms with Gasteiger partial charge in [0.2, 0.25) is 5.91 Å². The van der Waals surface area contributed by atoms with E-state index < -0.39 is 0 Å². The fraction of sp³-hybridized carbons (Fsp3) is 0.923. The van der Waals surface area contributed by atoms with Crippen LogP contribution in [0.5, 0.6) is 0 Å². The number of nitrogens with one attached hydrogen (secondary N) is 1. The minimum Gasteiger partial charge on any atom is -0.342 e. The second kappa shape index (κ2) is 6.10. The van der Waals surface area contributed by atoms with Gasteiger partial charge in [-0.1, -0.05) is 12.8 Å². The van der Waals surface area contributed by atoms with Gasteiger partial charge < -0.3 is 10.2 Å². The molecule has 17 heavy (non-hydrogen) atoms. The standard InChI is InChI=1S/C13H24N2OS/c1-17-13(6-2-3-7-13)11-14-10-12(16)15-8-4-5-9-15/h14H,2-11H2,1H3. The third-order valence-electron chi connectivity index (χ3n) is 4.13. The Labute approximate surface area is 109 Å². The highest BCUT2D eigenvalue weighted by atomic mass is 32.2. The average Bonchev–Trinajstić information content (AvgIpc) is 3.01. The normalized spacial score (nSPS) is 23.2. The molecule has 0 unspecified atom stereocenters. The molecular formula is C13H24N2OS. The van der Waals surface area contributed by atoms with Crippen LogP contribution in [0.25, 0.3) is 0 Å². The zero-order valence-electron chi connectivity index (χ0n) is 10.8. The first kappa shape index (κ1) is 13.2. The zero-order valence-corrected chi connectivity index (χ0v) is 11.7. The van der Waals surface area contributed by atoms with Crippen LogP contribution >= 0.6 is 11.8 Å². The molecule has 1 aliphatic carbocycles. The third kappa shape index (κ3) is 3.38. The van der Waals surface area contributed by atoms with Gasteiger partial charge in [0.15, 0.2) is 0 Å². The van der Waals surface area contributed by atoms with E-state index >= 15 is 0 Å². The Hall–Kier alpha value is -0.220. The molecule has 2 fully saturated rings. The summed E-state index contributed by atoms with van der Waals surface area (Å²) in [7, 11) is 0. The number of likely N-dealkylation sites (tertiary alicyclic amines) is 1. The van der Waals surface area contributed by atoms with E-state index in [1.807, 2.05) is 16.7 Å². The molecule has 0 radical (unpaired) electrons. The molecule has 2 rings (SSSR count). The van der Waals surface area contributed by atoms with Crippen LogP contribution in [0.2, 0.25) is 0 Å². The molecule has 1 saturated heterocycles. The van der Waals surface area contributed by atoms with Gasteiger partial charge in [-0.3, -0.25) is 4.79 Å². The maximum absolute atomic E-state index is 11.9. The number of hydrogen-bond acceptors (Lipinski definition) is 3. The molecule has 98 valence electrons. The molecule has 0 bridgehead atoms. The first-order valence-electron chi connectivity index (χ1n) is 6.79. The van der Waals surface area contributed by atoms with Gasteiger partial charge in [0.05, 0.1) is 6.54 Å². The molecule has 1 N–H and O–H groups in total. The Balaban J connectivity index is 1.69. The van der Waals surface area contributed by atoms with Crippen LogP contribution in [0.3, 0.4) is 0 Å². The van der Waals surface area contributed by atoms with Gasteiger partial charge in [0.25, 0.3) is 0 Å². The number of carbonyl (C=O) groups excluding carboxylic acids is 1. The summed E-state index contributed by atoms with van der Waals surface area (Å²) < 4.78 is 0.408. The highest BCUT2D eigenvalue weighted by molar-refractivity contribution is 8.00. The SMILES string of the molecule is CSC1(CNCC(=O)N2CCCC2)CCCC1. The van der Waals surface area contributed by atoms with Crippen LogP contribution in [0, 0.1) is 0 Å². The summed E-state index contributed by atoms with van der Waals surface area (Å²) in [5.74, 6) is 0.289. The van der Waals surface area contributed by atoms with Crippen LogP contribution < -0.4 is 5.32 Å². The Morgan fingerprint density at radius 2 is 1.88 bits per heavy atom. The minimum atomic E-state index is 0.289. The molecule has 0 spiro atoms. The predicted molar refractivity (Wildman–Crippen MR) is 73.4 cm³/mol. The van der Waals surface area contributed by atoms with E-state index in [-0.39, 0.29) is 5.91 Å². The van der Waals surface area contributed by atoms with E-state index in [9.17, 15) is 4.79 Å². The largest absolute Gasteiger partial charge is 0.342 e. The number of nitrogens with zero attached hydrogens (tertiary/aromatic N) is 1. The number of carbonyl (C=O) groups is 1.